The number of benzene rings is 1. The molecule has 182 valence electrons. The third kappa shape index (κ3) is 3.27. The zero-order chi connectivity index (χ0) is 25.2. The average molecular weight is 479 g/mol. The third-order valence-electron chi connectivity index (χ3n) is 7.22. The number of alkyl halides is 3. The second-order valence-electron chi connectivity index (χ2n) is 9.15. The Morgan fingerprint density at radius 2 is 1.85 bits per heavy atom. The minimum absolute atomic E-state index is 0.172. The number of rotatable bonds is 4. The molecule has 3 saturated heterocycles. The summed E-state index contributed by atoms with van der Waals surface area (Å²) in [6.07, 6.45) is -6.04. The molecule has 34 heavy (non-hydrogen) atoms. The van der Waals surface area contributed by atoms with Gasteiger partial charge in [0, 0.05) is 19.5 Å². The molecule has 1 aromatic carbocycles. The summed E-state index contributed by atoms with van der Waals surface area (Å²) < 4.78 is 52.2. The van der Waals surface area contributed by atoms with Crippen molar-refractivity contribution in [3.05, 3.63) is 29.3 Å². The lowest BCUT2D eigenvalue weighted by Gasteiger charge is -2.35. The van der Waals surface area contributed by atoms with E-state index in [1.807, 2.05) is 0 Å². The molecule has 11 heteroatoms. The molecule has 0 aliphatic carbocycles. The van der Waals surface area contributed by atoms with E-state index in [1.54, 1.807) is 27.7 Å². The van der Waals surface area contributed by atoms with Crippen LogP contribution in [0.3, 0.4) is 0 Å². The second kappa shape index (κ2) is 7.70. The van der Waals surface area contributed by atoms with E-state index in [0.717, 1.165) is 17.0 Å². The number of ether oxygens (including phenoxy) is 2. The minimum atomic E-state index is -4.84. The van der Waals surface area contributed by atoms with Crippen LogP contribution in [-0.2, 0) is 25.2 Å². The largest absolute Gasteiger partial charge is 0.443 e. The Morgan fingerprint density at radius 1 is 1.24 bits per heavy atom. The fourth-order valence-corrected chi connectivity index (χ4v) is 5.59. The SMILES string of the molecule is CCN(CC)C(=O)O[C@H]1C[C@@]2(C)O[C@]1(C)[C@@H]1C(=O)N(c3ccc(C#N)c(C(F)(F)F)c3)C(=O)[C@@H]12. The molecule has 0 N–H and O–H groups in total. The predicted molar refractivity (Wildman–Crippen MR) is 111 cm³/mol. The van der Waals surface area contributed by atoms with Crippen molar-refractivity contribution in [2.24, 2.45) is 11.8 Å². The number of nitriles is 1. The van der Waals surface area contributed by atoms with Crippen LogP contribution in [0.4, 0.5) is 23.7 Å². The van der Waals surface area contributed by atoms with Crippen LogP contribution in [0.1, 0.15) is 45.2 Å². The molecule has 0 radical (unpaired) electrons. The second-order valence-corrected chi connectivity index (χ2v) is 9.15. The Hall–Kier alpha value is -3.13. The molecular formula is C23H24F3N3O5. The van der Waals surface area contributed by atoms with Gasteiger partial charge in [-0.25, -0.2) is 9.69 Å². The monoisotopic (exact) mass is 479 g/mol. The highest BCUT2D eigenvalue weighted by molar-refractivity contribution is 6.23. The number of amides is 3. The van der Waals surface area contributed by atoms with Gasteiger partial charge in [0.15, 0.2) is 0 Å². The summed E-state index contributed by atoms with van der Waals surface area (Å²) in [5.74, 6) is -3.35. The molecule has 3 aliphatic heterocycles. The summed E-state index contributed by atoms with van der Waals surface area (Å²) in [7, 11) is 0. The topological polar surface area (TPSA) is 99.9 Å². The number of fused-ring (bicyclic) bond motifs is 5. The maximum absolute atomic E-state index is 13.5. The van der Waals surface area contributed by atoms with Gasteiger partial charge in [-0.1, -0.05) is 0 Å². The first kappa shape index (κ1) is 24.0. The lowest BCUT2D eigenvalue weighted by Crippen LogP contribution is -2.52. The van der Waals surface area contributed by atoms with Crippen molar-refractivity contribution in [1.82, 2.24) is 4.90 Å². The van der Waals surface area contributed by atoms with Gasteiger partial charge in [0.2, 0.25) is 11.8 Å². The van der Waals surface area contributed by atoms with E-state index < -0.39 is 64.4 Å². The number of halogens is 3. The quantitative estimate of drug-likeness (QED) is 0.613. The standard InChI is InChI=1S/C23H24F3N3O5/c1-5-28(6-2)20(32)33-15-10-21(3)16-17(22(15,4)34-21)19(31)29(18(16)30)13-8-7-12(11-27)14(9-13)23(24,25)26/h7-9,15-17H,5-6,10H2,1-4H3/t15-,16+,17-,21+,22-/m0/s1. The van der Waals surface area contributed by atoms with Crippen LogP contribution in [0.2, 0.25) is 0 Å². The first-order valence-corrected chi connectivity index (χ1v) is 11.0. The van der Waals surface area contributed by atoms with Crippen LogP contribution in [-0.4, -0.2) is 53.2 Å². The Bertz CT molecular complexity index is 1110. The minimum Gasteiger partial charge on any atom is -0.443 e. The maximum Gasteiger partial charge on any atom is 0.417 e. The highest BCUT2D eigenvalue weighted by Gasteiger charge is 2.77. The smallest absolute Gasteiger partial charge is 0.417 e. The molecule has 0 saturated carbocycles. The summed E-state index contributed by atoms with van der Waals surface area (Å²) in [5.41, 5.74) is -4.55. The Kier molecular flexibility index (Phi) is 5.44. The van der Waals surface area contributed by atoms with Crippen LogP contribution in [0.5, 0.6) is 0 Å². The van der Waals surface area contributed by atoms with E-state index in [-0.39, 0.29) is 12.1 Å². The molecule has 4 rings (SSSR count). The fraction of sp³-hybridized carbons (Fsp3) is 0.565. The van der Waals surface area contributed by atoms with Crippen LogP contribution in [0.25, 0.3) is 0 Å². The van der Waals surface area contributed by atoms with Gasteiger partial charge in [0.1, 0.15) is 11.7 Å². The van der Waals surface area contributed by atoms with E-state index in [2.05, 4.69) is 0 Å². The zero-order valence-corrected chi connectivity index (χ0v) is 19.1. The van der Waals surface area contributed by atoms with Gasteiger partial charge in [-0.2, -0.15) is 18.4 Å². The van der Waals surface area contributed by atoms with Crippen molar-refractivity contribution in [2.45, 2.75) is 57.6 Å². The average Bonchev–Trinajstić information content (AvgIpc) is 3.28. The van der Waals surface area contributed by atoms with E-state index in [9.17, 15) is 27.6 Å². The number of hydrogen-bond acceptors (Lipinski definition) is 6. The first-order valence-electron chi connectivity index (χ1n) is 11.0. The summed E-state index contributed by atoms with van der Waals surface area (Å²) in [4.78, 5) is 41.6. The zero-order valence-electron chi connectivity index (χ0n) is 19.1. The normalized spacial score (nSPS) is 32.1. The van der Waals surface area contributed by atoms with Crippen LogP contribution < -0.4 is 4.90 Å². The van der Waals surface area contributed by atoms with Gasteiger partial charge in [-0.3, -0.25) is 9.59 Å². The highest BCUT2D eigenvalue weighted by atomic mass is 19.4. The highest BCUT2D eigenvalue weighted by Crippen LogP contribution is 2.61. The molecule has 0 unspecified atom stereocenters. The van der Waals surface area contributed by atoms with E-state index >= 15 is 0 Å². The molecule has 5 atom stereocenters. The molecule has 3 aliphatic rings. The molecule has 0 aromatic heterocycles. The number of imide groups is 1. The predicted octanol–water partition coefficient (Wildman–Crippen LogP) is 3.48. The van der Waals surface area contributed by atoms with Crippen molar-refractivity contribution in [1.29, 1.82) is 5.26 Å². The van der Waals surface area contributed by atoms with Crippen molar-refractivity contribution >= 4 is 23.6 Å². The van der Waals surface area contributed by atoms with Gasteiger partial charge in [-0.05, 0) is 45.9 Å². The van der Waals surface area contributed by atoms with E-state index in [1.165, 1.54) is 11.0 Å². The molecule has 3 fully saturated rings. The summed E-state index contributed by atoms with van der Waals surface area (Å²) in [6.45, 7) is 7.69. The van der Waals surface area contributed by atoms with Gasteiger partial charge < -0.3 is 14.4 Å². The maximum atomic E-state index is 13.5. The lowest BCUT2D eigenvalue weighted by molar-refractivity contribution is -0.138. The van der Waals surface area contributed by atoms with E-state index in [0.29, 0.717) is 19.2 Å². The number of carbonyl (C=O) groups excluding carboxylic acids is 3. The molecule has 0 spiro atoms. The molecule has 8 nitrogen and oxygen atoms in total. The Morgan fingerprint density at radius 3 is 2.41 bits per heavy atom. The van der Waals surface area contributed by atoms with Gasteiger partial charge >= 0.3 is 12.3 Å². The van der Waals surface area contributed by atoms with Crippen molar-refractivity contribution in [3.8, 4) is 6.07 Å². The summed E-state index contributed by atoms with van der Waals surface area (Å²) in [5, 5.41) is 9.04. The van der Waals surface area contributed by atoms with Gasteiger partial charge in [0.25, 0.3) is 0 Å². The number of carbonyl (C=O) groups is 3. The Labute approximate surface area is 194 Å². The first-order chi connectivity index (χ1) is 15.8. The molecular weight excluding hydrogens is 455 g/mol. The van der Waals surface area contributed by atoms with E-state index in [4.69, 9.17) is 14.7 Å². The third-order valence-corrected chi connectivity index (χ3v) is 7.22. The van der Waals surface area contributed by atoms with Crippen LogP contribution >= 0.6 is 0 Å². The summed E-state index contributed by atoms with van der Waals surface area (Å²) in [6, 6.07) is 4.21. The number of hydrogen-bond donors (Lipinski definition) is 0. The van der Waals surface area contributed by atoms with Crippen molar-refractivity contribution in [3.63, 3.8) is 0 Å². The van der Waals surface area contributed by atoms with Gasteiger partial charge in [-0.15, -0.1) is 0 Å². The molecule has 3 heterocycles. The van der Waals surface area contributed by atoms with Crippen molar-refractivity contribution < 1.29 is 37.0 Å². The lowest BCUT2D eigenvalue weighted by atomic mass is 9.67. The van der Waals surface area contributed by atoms with Gasteiger partial charge in [0.05, 0.1) is 40.3 Å². The summed E-state index contributed by atoms with van der Waals surface area (Å²) >= 11 is 0. The molecule has 3 amide bonds. The van der Waals surface area contributed by atoms with Crippen molar-refractivity contribution in [2.75, 3.05) is 18.0 Å². The molecule has 1 aromatic rings. The fourth-order valence-electron chi connectivity index (χ4n) is 5.59. The van der Waals surface area contributed by atoms with Crippen LogP contribution in [0, 0.1) is 23.2 Å². The number of nitrogens with zero attached hydrogens (tertiary/aromatic N) is 3. The van der Waals surface area contributed by atoms with Crippen LogP contribution in [0.15, 0.2) is 18.2 Å². The Balaban J connectivity index is 1.69. The molecule has 2 bridgehead atoms. The number of anilines is 1.